The van der Waals surface area contributed by atoms with E-state index >= 15 is 4.79 Å². The van der Waals surface area contributed by atoms with Crippen molar-refractivity contribution in [3.63, 3.8) is 0 Å². The summed E-state index contributed by atoms with van der Waals surface area (Å²) in [6.07, 6.45) is -13.3. The van der Waals surface area contributed by atoms with E-state index in [4.69, 9.17) is 34.2 Å². The molecule has 4 aliphatic rings. The first-order valence-electron chi connectivity index (χ1n) is 35.0. The van der Waals surface area contributed by atoms with Gasteiger partial charge in [-0.15, -0.1) is 0 Å². The number of esters is 3. The first kappa shape index (κ1) is 82.0. The van der Waals surface area contributed by atoms with Crippen molar-refractivity contribution >= 4 is 77.0 Å². The minimum Gasteiger partial charge on any atom is -0.456 e. The topological polar surface area (TPSA) is 414 Å². The number of aliphatic hydroxyl groups is 3. The molecule has 29 nitrogen and oxygen atoms in total. The summed E-state index contributed by atoms with van der Waals surface area (Å²) in [6, 6.07) is 17.8. The maximum atomic E-state index is 16.1. The molecule has 29 heteroatoms. The number of nitrogens with one attached hydrogen (secondary N) is 5. The van der Waals surface area contributed by atoms with Crippen LogP contribution in [0.4, 0.5) is 20.1 Å². The second-order valence-electron chi connectivity index (χ2n) is 30.1. The van der Waals surface area contributed by atoms with E-state index in [2.05, 4.69) is 26.6 Å². The Kier molecular flexibility index (Phi) is 26.9. The van der Waals surface area contributed by atoms with Gasteiger partial charge in [-0.1, -0.05) is 123 Å². The fourth-order valence-corrected chi connectivity index (χ4v) is 14.2. The standard InChI is InChI=1S/C75H102N8O21/c1-41(2)50(85)31-32-54(86)80-57(42(3)4)65(92)79-49(26-21-33-77-68(76)95)64(91)78-48-29-27-45(28-30-48)39-99-69(96)82(13)34-35-83(14)70(97)102-52-36-53-74(40-100-53,104-44(6)84)61-63(103-66(93)47-24-19-16-20-25-47)75(98)37-51(43(5)56(72(75,10)11)59(88)62(90)73(52,61)12)101-67(94)60(89)58(46-22-17-15-18-23-46)81-55(87)38-71(7,8)9/h15-20,22-25,27-30,41-42,49,51-53,57-61,63,88-89,98H,21,26,31-40H2,1-14H3,(H,78,91)(H,79,92)(H,80,86)(H,81,87)(H3,76,77,95)/t49-,51-,52-,53+,57-,58-,59+,60+,61-,63-,73+,74-,75+/m0/s1. The van der Waals surface area contributed by atoms with Gasteiger partial charge in [-0.05, 0) is 84.6 Å². The normalized spacial score (nSPS) is 24.3. The third-order valence-electron chi connectivity index (χ3n) is 20.2. The van der Waals surface area contributed by atoms with Gasteiger partial charge in [0.25, 0.3) is 0 Å². The molecule has 3 aromatic rings. The van der Waals surface area contributed by atoms with Gasteiger partial charge < -0.3 is 85.9 Å². The van der Waals surface area contributed by atoms with E-state index in [1.54, 1.807) is 88.4 Å². The molecule has 2 bridgehead atoms. The van der Waals surface area contributed by atoms with Gasteiger partial charge in [0.05, 0.1) is 29.5 Å². The number of nitrogens with zero attached hydrogens (tertiary/aromatic N) is 2. The monoisotopic (exact) mass is 1450 g/mol. The number of ketones is 2. The molecule has 10 N–H and O–H groups in total. The number of nitrogens with two attached hydrogens (primary N) is 1. The molecule has 8 amide bonds. The van der Waals surface area contributed by atoms with Gasteiger partial charge in [-0.2, -0.15) is 0 Å². The number of carbonyl (C=O) groups excluding carboxylic acids is 12. The van der Waals surface area contributed by atoms with Crippen LogP contribution in [0.2, 0.25) is 0 Å². The van der Waals surface area contributed by atoms with Crippen molar-refractivity contribution in [2.45, 2.75) is 201 Å². The SMILES string of the molecule is CC(=O)O[C@@]12CO[C@@H]1C[C@H](OC(=O)N(C)CCN(C)C(=O)OCc1ccc(NC(=O)[C@H](CCCNC(N)=O)NC(=O)[C@@H](NC(=O)CCC(=O)C(C)C)C(C)C)cc1)[C@@]1(C)C(=O)[C@H](O)C3=C(C)[C@@H](OC(=O)[C@H](O)[C@@H](NC(=O)CC(C)(C)C)c4ccccc4)C[C@@](O)([C@@H](OC(=O)c4ccccc4)[C@H]21)C3(C)C. The minimum atomic E-state index is -2.53. The molecular formula is C75H102N8O21. The zero-order valence-electron chi connectivity index (χ0n) is 61.7. The number of aliphatic hydroxyl groups excluding tert-OH is 2. The van der Waals surface area contributed by atoms with Gasteiger partial charge in [0.15, 0.2) is 17.5 Å². The lowest BCUT2D eigenvalue weighted by Crippen LogP contribution is -2.82. The molecule has 3 fully saturated rings. The Hall–Kier alpha value is -9.32. The molecule has 3 aromatic carbocycles. The van der Waals surface area contributed by atoms with Crippen molar-refractivity contribution in [2.75, 3.05) is 45.7 Å². The summed E-state index contributed by atoms with van der Waals surface area (Å²) in [5.41, 5.74) is -2.76. The molecule has 568 valence electrons. The lowest BCUT2D eigenvalue weighted by atomic mass is 9.44. The second kappa shape index (κ2) is 34.1. The lowest BCUT2D eigenvalue weighted by molar-refractivity contribution is -0.345. The van der Waals surface area contributed by atoms with Gasteiger partial charge in [0.1, 0.15) is 60.6 Å². The molecule has 3 aliphatic carbocycles. The largest absolute Gasteiger partial charge is 0.456 e. The fourth-order valence-electron chi connectivity index (χ4n) is 14.2. The molecule has 104 heavy (non-hydrogen) atoms. The summed E-state index contributed by atoms with van der Waals surface area (Å²) in [7, 11) is 2.77. The van der Waals surface area contributed by atoms with Crippen molar-refractivity contribution in [2.24, 2.45) is 39.7 Å². The van der Waals surface area contributed by atoms with Gasteiger partial charge in [0, 0.05) is 89.8 Å². The lowest BCUT2D eigenvalue weighted by Gasteiger charge is -2.67. The Balaban J connectivity index is 1.09. The Morgan fingerprint density at radius 1 is 0.779 bits per heavy atom. The second-order valence-corrected chi connectivity index (χ2v) is 30.1. The molecular weight excluding hydrogens is 1350 g/mol. The van der Waals surface area contributed by atoms with Crippen molar-refractivity contribution in [1.29, 1.82) is 0 Å². The van der Waals surface area contributed by atoms with Crippen LogP contribution < -0.4 is 32.3 Å². The highest BCUT2D eigenvalue weighted by atomic mass is 16.6. The summed E-state index contributed by atoms with van der Waals surface area (Å²) < 4.78 is 37.0. The van der Waals surface area contributed by atoms with Gasteiger partial charge in [-0.3, -0.25) is 33.6 Å². The number of likely N-dealkylation sites (N-methyl/N-ethyl adjacent to an activating group) is 2. The summed E-state index contributed by atoms with van der Waals surface area (Å²) in [4.78, 5) is 167. The number of amides is 8. The molecule has 0 aromatic heterocycles. The fraction of sp³-hybridized carbons (Fsp3) is 0.573. The number of carbonyl (C=O) groups is 12. The van der Waals surface area contributed by atoms with E-state index in [9.17, 15) is 68.1 Å². The molecule has 0 unspecified atom stereocenters. The minimum absolute atomic E-state index is 0.00244. The number of ether oxygens (including phenoxy) is 6. The van der Waals surface area contributed by atoms with Crippen LogP contribution in [-0.2, 0) is 73.4 Å². The molecule has 1 saturated heterocycles. The summed E-state index contributed by atoms with van der Waals surface area (Å²) in [6.45, 7) is 18.4. The van der Waals surface area contributed by atoms with Crippen molar-refractivity contribution in [3.05, 3.63) is 113 Å². The first-order valence-corrected chi connectivity index (χ1v) is 35.0. The van der Waals surface area contributed by atoms with Crippen LogP contribution >= 0.6 is 0 Å². The zero-order chi connectivity index (χ0) is 77.1. The number of Topliss-reactive ketones (excluding diaryl/α,β-unsaturated/α-hetero) is 2. The van der Waals surface area contributed by atoms with E-state index in [0.717, 1.165) is 11.8 Å². The summed E-state index contributed by atoms with van der Waals surface area (Å²) in [5, 5.41) is 52.3. The Labute approximate surface area is 605 Å². The smallest absolute Gasteiger partial charge is 0.409 e. The third-order valence-corrected chi connectivity index (χ3v) is 20.2. The molecule has 1 heterocycles. The van der Waals surface area contributed by atoms with Crippen molar-refractivity contribution in [1.82, 2.24) is 31.1 Å². The Morgan fingerprint density at radius 2 is 1.39 bits per heavy atom. The van der Waals surface area contributed by atoms with Gasteiger partial charge >= 0.3 is 36.1 Å². The van der Waals surface area contributed by atoms with Crippen LogP contribution in [-0.4, -0.2) is 197 Å². The van der Waals surface area contributed by atoms with E-state index in [0.29, 0.717) is 16.8 Å². The highest BCUT2D eigenvalue weighted by molar-refractivity contribution is 5.99. The first-order chi connectivity index (χ1) is 48.7. The van der Waals surface area contributed by atoms with Crippen LogP contribution in [0.3, 0.4) is 0 Å². The number of hydrogen-bond donors (Lipinski definition) is 9. The number of rotatable bonds is 29. The number of urea groups is 1. The van der Waals surface area contributed by atoms with E-state index in [1.165, 1.54) is 71.0 Å². The Morgan fingerprint density at radius 3 is 1.96 bits per heavy atom. The van der Waals surface area contributed by atoms with Crippen LogP contribution in [0.1, 0.15) is 156 Å². The van der Waals surface area contributed by atoms with Crippen LogP contribution in [0.15, 0.2) is 96.1 Å². The number of hydrogen-bond acceptors (Lipinski definition) is 21. The Bertz CT molecular complexity index is 3690. The van der Waals surface area contributed by atoms with Gasteiger partial charge in [-0.25, -0.2) is 24.0 Å². The zero-order valence-corrected chi connectivity index (χ0v) is 61.7. The number of fused-ring (bicyclic) bond motifs is 5. The average Bonchev–Trinajstić information content (AvgIpc) is 0.668. The third kappa shape index (κ3) is 19.0. The van der Waals surface area contributed by atoms with Crippen molar-refractivity contribution in [3.8, 4) is 0 Å². The summed E-state index contributed by atoms with van der Waals surface area (Å²) in [5.74, 6) is -8.97. The number of benzene rings is 3. The van der Waals surface area contributed by atoms with Crippen LogP contribution in [0, 0.1) is 34.0 Å². The quantitative estimate of drug-likeness (QED) is 0.0175. The van der Waals surface area contributed by atoms with E-state index < -0.39 is 173 Å². The molecule has 13 atom stereocenters. The van der Waals surface area contributed by atoms with Crippen molar-refractivity contribution < 1.29 is 101 Å². The molecule has 7 rings (SSSR count). The van der Waals surface area contributed by atoms with Crippen LogP contribution in [0.5, 0.6) is 0 Å². The van der Waals surface area contributed by atoms with E-state index in [-0.39, 0.29) is 93.2 Å². The van der Waals surface area contributed by atoms with E-state index in [1.807, 2.05) is 20.8 Å². The summed E-state index contributed by atoms with van der Waals surface area (Å²) >= 11 is 0. The molecule has 0 spiro atoms. The molecule has 0 radical (unpaired) electrons. The average molecular weight is 1450 g/mol. The van der Waals surface area contributed by atoms with Gasteiger partial charge in [0.2, 0.25) is 23.6 Å². The predicted octanol–water partition coefficient (Wildman–Crippen LogP) is 5.65. The maximum Gasteiger partial charge on any atom is 0.409 e. The highest BCUT2D eigenvalue weighted by Gasteiger charge is 2.79. The molecule has 2 saturated carbocycles. The number of anilines is 1. The van der Waals surface area contributed by atoms with Crippen LogP contribution in [0.25, 0.3) is 0 Å². The highest BCUT2D eigenvalue weighted by Crippen LogP contribution is 2.65. The number of primary amides is 1. The predicted molar refractivity (Wildman–Crippen MR) is 376 cm³/mol. The maximum absolute atomic E-state index is 16.1. The molecule has 1 aliphatic heterocycles.